The van der Waals surface area contributed by atoms with Crippen LogP contribution >= 0.6 is 23.7 Å². The van der Waals surface area contributed by atoms with E-state index in [9.17, 15) is 9.59 Å². The average molecular weight is 359 g/mol. The Kier molecular flexibility index (Phi) is 6.74. The molecule has 2 rings (SSSR count). The van der Waals surface area contributed by atoms with Gasteiger partial charge in [-0.25, -0.2) is 9.78 Å². The van der Waals surface area contributed by atoms with Crippen LogP contribution in [0.2, 0.25) is 0 Å². The molecule has 0 saturated carbocycles. The summed E-state index contributed by atoms with van der Waals surface area (Å²) in [5, 5.41) is 4.96. The Labute approximate surface area is 144 Å². The molecular formula is C14H19ClN4O3S. The molecule has 0 aliphatic heterocycles. The van der Waals surface area contributed by atoms with Gasteiger partial charge in [0.05, 0.1) is 18.8 Å². The fourth-order valence-corrected chi connectivity index (χ4v) is 2.45. The van der Waals surface area contributed by atoms with Gasteiger partial charge in [-0.3, -0.25) is 4.79 Å². The van der Waals surface area contributed by atoms with Crippen molar-refractivity contribution in [1.82, 2.24) is 9.97 Å². The first-order valence-corrected chi connectivity index (χ1v) is 7.59. The number of aromatic amines is 1. The van der Waals surface area contributed by atoms with Crippen LogP contribution in [-0.4, -0.2) is 35.0 Å². The molecule has 7 nitrogen and oxygen atoms in total. The molecule has 2 aromatic rings. The third-order valence-electron chi connectivity index (χ3n) is 3.14. The summed E-state index contributed by atoms with van der Waals surface area (Å²) in [6, 6.07) is 1.07. The molecule has 1 atom stereocenters. The van der Waals surface area contributed by atoms with Crippen molar-refractivity contribution in [2.24, 2.45) is 11.7 Å². The minimum atomic E-state index is -0.578. The van der Waals surface area contributed by atoms with Crippen molar-refractivity contribution in [1.29, 1.82) is 0 Å². The third-order valence-corrected chi connectivity index (χ3v) is 3.90. The zero-order chi connectivity index (χ0) is 16.3. The molecule has 1 amide bonds. The number of carbonyl (C=O) groups excluding carboxylic acids is 2. The number of nitrogens with one attached hydrogen (secondary N) is 2. The van der Waals surface area contributed by atoms with Crippen LogP contribution in [0, 0.1) is 5.92 Å². The molecule has 126 valence electrons. The van der Waals surface area contributed by atoms with E-state index in [2.05, 4.69) is 20.0 Å². The molecule has 23 heavy (non-hydrogen) atoms. The number of H-pyrrole nitrogens is 1. The van der Waals surface area contributed by atoms with E-state index in [1.165, 1.54) is 18.4 Å². The molecular weight excluding hydrogens is 340 g/mol. The maximum Gasteiger partial charge on any atom is 0.354 e. The van der Waals surface area contributed by atoms with Gasteiger partial charge in [-0.2, -0.15) is 0 Å². The molecule has 0 bridgehead atoms. The normalized spacial score (nSPS) is 11.7. The van der Waals surface area contributed by atoms with Crippen molar-refractivity contribution >= 4 is 40.8 Å². The Morgan fingerprint density at radius 1 is 1.43 bits per heavy atom. The van der Waals surface area contributed by atoms with Crippen molar-refractivity contribution in [3.05, 3.63) is 23.3 Å². The SMILES string of the molecule is COC(=O)c1cc(-c2csc(NC(=O)C(N)C(C)C)n2)c[nH]1.Cl. The van der Waals surface area contributed by atoms with Crippen LogP contribution in [0.4, 0.5) is 5.13 Å². The number of amides is 1. The van der Waals surface area contributed by atoms with Crippen LogP contribution in [0.3, 0.4) is 0 Å². The first-order valence-electron chi connectivity index (χ1n) is 6.71. The topological polar surface area (TPSA) is 110 Å². The standard InChI is InChI=1S/C14H18N4O3S.ClH/c1-7(2)11(15)12(19)18-14-17-10(6-22-14)8-4-9(16-5-8)13(20)21-3;/h4-7,11,16H,15H2,1-3H3,(H,17,18,19);1H. The average Bonchev–Trinajstić information content (AvgIpc) is 3.14. The zero-order valence-corrected chi connectivity index (χ0v) is 14.6. The minimum Gasteiger partial charge on any atom is -0.464 e. The Morgan fingerprint density at radius 3 is 2.74 bits per heavy atom. The van der Waals surface area contributed by atoms with Crippen LogP contribution in [0.15, 0.2) is 17.6 Å². The van der Waals surface area contributed by atoms with Crippen LogP contribution in [-0.2, 0) is 9.53 Å². The summed E-state index contributed by atoms with van der Waals surface area (Å²) in [7, 11) is 1.32. The van der Waals surface area contributed by atoms with Crippen molar-refractivity contribution in [3.8, 4) is 11.3 Å². The Bertz CT molecular complexity index is 683. The second-order valence-corrected chi connectivity index (χ2v) is 5.95. The van der Waals surface area contributed by atoms with Gasteiger partial charge in [0.25, 0.3) is 0 Å². The summed E-state index contributed by atoms with van der Waals surface area (Å²) in [6.07, 6.45) is 1.66. The van der Waals surface area contributed by atoms with Crippen molar-refractivity contribution < 1.29 is 14.3 Å². The van der Waals surface area contributed by atoms with Gasteiger partial charge in [0.15, 0.2) is 5.13 Å². The number of hydrogen-bond donors (Lipinski definition) is 3. The van der Waals surface area contributed by atoms with Crippen LogP contribution in [0.25, 0.3) is 11.3 Å². The number of nitrogens with two attached hydrogens (primary N) is 1. The number of aromatic nitrogens is 2. The van der Waals surface area contributed by atoms with Gasteiger partial charge in [0.2, 0.25) is 5.91 Å². The maximum atomic E-state index is 11.9. The zero-order valence-electron chi connectivity index (χ0n) is 13.0. The predicted octanol–water partition coefficient (Wildman–Crippen LogP) is 2.27. The number of ether oxygens (including phenoxy) is 1. The third kappa shape index (κ3) is 4.54. The van der Waals surface area contributed by atoms with E-state index in [1.807, 2.05) is 13.8 Å². The highest BCUT2D eigenvalue weighted by atomic mass is 35.5. The van der Waals surface area contributed by atoms with Crippen LogP contribution < -0.4 is 11.1 Å². The molecule has 2 heterocycles. The lowest BCUT2D eigenvalue weighted by Gasteiger charge is -2.13. The summed E-state index contributed by atoms with van der Waals surface area (Å²) in [6.45, 7) is 3.76. The van der Waals surface area contributed by atoms with Crippen molar-refractivity contribution in [2.75, 3.05) is 12.4 Å². The molecule has 0 radical (unpaired) electrons. The lowest BCUT2D eigenvalue weighted by molar-refractivity contribution is -0.118. The fraction of sp³-hybridized carbons (Fsp3) is 0.357. The number of thiazole rings is 1. The van der Waals surface area contributed by atoms with E-state index in [-0.39, 0.29) is 24.2 Å². The Hall–Kier alpha value is -1.90. The summed E-state index contributed by atoms with van der Waals surface area (Å²) in [5.74, 6) is -0.662. The largest absolute Gasteiger partial charge is 0.464 e. The van der Waals surface area contributed by atoms with E-state index in [0.717, 1.165) is 5.56 Å². The number of anilines is 1. The van der Waals surface area contributed by atoms with Gasteiger partial charge in [-0.15, -0.1) is 23.7 Å². The van der Waals surface area contributed by atoms with Crippen LogP contribution in [0.1, 0.15) is 24.3 Å². The Balaban J connectivity index is 0.00000264. The molecule has 0 aliphatic rings. The summed E-state index contributed by atoms with van der Waals surface area (Å²) < 4.78 is 4.63. The van der Waals surface area contributed by atoms with Gasteiger partial charge in [-0.1, -0.05) is 13.8 Å². The summed E-state index contributed by atoms with van der Waals surface area (Å²) in [4.78, 5) is 30.4. The number of carbonyl (C=O) groups is 2. The smallest absolute Gasteiger partial charge is 0.354 e. The lowest BCUT2D eigenvalue weighted by Crippen LogP contribution is -2.39. The molecule has 9 heteroatoms. The molecule has 0 spiro atoms. The second kappa shape index (κ2) is 8.09. The van der Waals surface area contributed by atoms with E-state index < -0.39 is 12.0 Å². The van der Waals surface area contributed by atoms with Gasteiger partial charge in [0.1, 0.15) is 5.69 Å². The maximum absolute atomic E-state index is 11.9. The van der Waals surface area contributed by atoms with E-state index in [0.29, 0.717) is 16.5 Å². The predicted molar refractivity (Wildman–Crippen MR) is 91.9 cm³/mol. The number of methoxy groups -OCH3 is 1. The minimum absolute atomic E-state index is 0. The second-order valence-electron chi connectivity index (χ2n) is 5.09. The fourth-order valence-electron chi connectivity index (χ4n) is 1.73. The summed E-state index contributed by atoms with van der Waals surface area (Å²) in [5.41, 5.74) is 7.53. The van der Waals surface area contributed by atoms with Crippen molar-refractivity contribution in [3.63, 3.8) is 0 Å². The first-order chi connectivity index (χ1) is 10.4. The monoisotopic (exact) mass is 358 g/mol. The van der Waals surface area contributed by atoms with Crippen molar-refractivity contribution in [2.45, 2.75) is 19.9 Å². The molecule has 0 fully saturated rings. The lowest BCUT2D eigenvalue weighted by atomic mass is 10.1. The number of hydrogen-bond acceptors (Lipinski definition) is 6. The van der Waals surface area contributed by atoms with E-state index in [4.69, 9.17) is 5.73 Å². The molecule has 2 aromatic heterocycles. The first kappa shape index (κ1) is 19.1. The van der Waals surface area contributed by atoms with Crippen LogP contribution in [0.5, 0.6) is 0 Å². The molecule has 0 saturated heterocycles. The van der Waals surface area contributed by atoms with E-state index >= 15 is 0 Å². The molecule has 1 unspecified atom stereocenters. The van der Waals surface area contributed by atoms with Gasteiger partial charge in [0, 0.05) is 17.1 Å². The molecule has 4 N–H and O–H groups in total. The quantitative estimate of drug-likeness (QED) is 0.710. The Morgan fingerprint density at radius 2 is 2.13 bits per heavy atom. The summed E-state index contributed by atoms with van der Waals surface area (Å²) >= 11 is 1.30. The number of esters is 1. The van der Waals surface area contributed by atoms with Gasteiger partial charge >= 0.3 is 5.97 Å². The highest BCUT2D eigenvalue weighted by Gasteiger charge is 2.19. The van der Waals surface area contributed by atoms with Gasteiger partial charge < -0.3 is 20.8 Å². The number of halogens is 1. The highest BCUT2D eigenvalue weighted by Crippen LogP contribution is 2.25. The number of rotatable bonds is 5. The van der Waals surface area contributed by atoms with E-state index in [1.54, 1.807) is 17.6 Å². The molecule has 0 aromatic carbocycles. The molecule has 0 aliphatic carbocycles. The highest BCUT2D eigenvalue weighted by molar-refractivity contribution is 7.14. The number of nitrogens with zero attached hydrogens (tertiary/aromatic N) is 1. The van der Waals surface area contributed by atoms with Gasteiger partial charge in [-0.05, 0) is 12.0 Å².